The average molecular weight is 331 g/mol. The highest BCUT2D eigenvalue weighted by molar-refractivity contribution is 6.30. The van der Waals surface area contributed by atoms with Crippen LogP contribution >= 0.6 is 11.6 Å². The largest absolute Gasteiger partial charge is 0.318 e. The number of benzene rings is 2. The number of hydrogen-bond acceptors (Lipinski definition) is 3. The van der Waals surface area contributed by atoms with E-state index in [2.05, 4.69) is 15.5 Å². The number of carbonyl (C=O) groups is 1. The molecule has 0 aliphatic rings. The maximum atomic E-state index is 13.6. The van der Waals surface area contributed by atoms with Crippen LogP contribution in [0.15, 0.2) is 48.5 Å². The van der Waals surface area contributed by atoms with Crippen molar-refractivity contribution in [2.75, 3.05) is 5.32 Å². The summed E-state index contributed by atoms with van der Waals surface area (Å²) in [5.41, 5.74) is 1.27. The second-order valence-corrected chi connectivity index (χ2v) is 5.27. The van der Waals surface area contributed by atoms with Crippen LogP contribution in [0.4, 0.5) is 10.1 Å². The average Bonchev–Trinajstić information content (AvgIpc) is 2.92. The predicted octanol–water partition coefficient (Wildman–Crippen LogP) is 3.62. The van der Waals surface area contributed by atoms with E-state index in [0.717, 1.165) is 0 Å². The summed E-state index contributed by atoms with van der Waals surface area (Å²) in [6.45, 7) is 1.66. The fourth-order valence-electron chi connectivity index (χ4n) is 2.05. The highest BCUT2D eigenvalue weighted by Crippen LogP contribution is 2.16. The molecule has 0 spiro atoms. The summed E-state index contributed by atoms with van der Waals surface area (Å²) >= 11 is 5.94. The van der Waals surface area contributed by atoms with E-state index in [1.165, 1.54) is 16.9 Å². The van der Waals surface area contributed by atoms with Crippen molar-refractivity contribution in [2.24, 2.45) is 0 Å². The number of amides is 1. The molecular weight excluding hydrogens is 319 g/mol. The number of aryl methyl sites for hydroxylation is 1. The number of anilines is 1. The van der Waals surface area contributed by atoms with Gasteiger partial charge in [-0.15, -0.1) is 5.10 Å². The second-order valence-electron chi connectivity index (χ2n) is 4.84. The first-order valence-electron chi connectivity index (χ1n) is 6.80. The lowest BCUT2D eigenvalue weighted by Gasteiger charge is -2.04. The Morgan fingerprint density at radius 1 is 1.17 bits per heavy atom. The van der Waals surface area contributed by atoms with Gasteiger partial charge in [0.25, 0.3) is 5.91 Å². The van der Waals surface area contributed by atoms with Gasteiger partial charge in [-0.05, 0) is 37.3 Å². The molecule has 2 aromatic carbocycles. The minimum absolute atomic E-state index is 0.0919. The van der Waals surface area contributed by atoms with Crippen LogP contribution in [0.2, 0.25) is 5.02 Å². The summed E-state index contributed by atoms with van der Waals surface area (Å²) in [7, 11) is 0. The SMILES string of the molecule is Cc1nn(-c2cccc(Cl)c2)nc1C(=O)Nc1ccccc1F. The highest BCUT2D eigenvalue weighted by atomic mass is 35.5. The summed E-state index contributed by atoms with van der Waals surface area (Å²) in [6, 6.07) is 12.9. The molecule has 1 heterocycles. The zero-order valence-electron chi connectivity index (χ0n) is 12.1. The molecule has 1 amide bonds. The fraction of sp³-hybridized carbons (Fsp3) is 0.0625. The van der Waals surface area contributed by atoms with Crippen LogP contribution in [0, 0.1) is 12.7 Å². The quantitative estimate of drug-likeness (QED) is 0.798. The first-order chi connectivity index (χ1) is 11.0. The topological polar surface area (TPSA) is 59.8 Å². The van der Waals surface area contributed by atoms with Crippen molar-refractivity contribution in [2.45, 2.75) is 6.92 Å². The number of carbonyl (C=O) groups excluding carboxylic acids is 1. The number of nitrogens with zero attached hydrogens (tertiary/aromatic N) is 3. The summed E-state index contributed by atoms with van der Waals surface area (Å²) in [5.74, 6) is -1.04. The Balaban J connectivity index is 1.89. The maximum absolute atomic E-state index is 13.6. The number of rotatable bonds is 3. The van der Waals surface area contributed by atoms with E-state index in [1.54, 1.807) is 43.3 Å². The molecule has 0 unspecified atom stereocenters. The first-order valence-corrected chi connectivity index (χ1v) is 7.18. The Labute approximate surface area is 136 Å². The minimum Gasteiger partial charge on any atom is -0.318 e. The summed E-state index contributed by atoms with van der Waals surface area (Å²) in [6.07, 6.45) is 0. The van der Waals surface area contributed by atoms with E-state index < -0.39 is 11.7 Å². The minimum atomic E-state index is -0.527. The smallest absolute Gasteiger partial charge is 0.278 e. The van der Waals surface area contributed by atoms with Gasteiger partial charge in [0.15, 0.2) is 5.69 Å². The number of aromatic nitrogens is 3. The molecule has 3 rings (SSSR count). The Morgan fingerprint density at radius 3 is 2.70 bits per heavy atom. The molecule has 1 N–H and O–H groups in total. The van der Waals surface area contributed by atoms with Crippen molar-refractivity contribution in [3.05, 3.63) is 70.8 Å². The van der Waals surface area contributed by atoms with E-state index in [1.807, 2.05) is 0 Å². The van der Waals surface area contributed by atoms with Crippen molar-refractivity contribution in [3.63, 3.8) is 0 Å². The molecule has 7 heteroatoms. The molecule has 0 radical (unpaired) electrons. The monoisotopic (exact) mass is 330 g/mol. The first kappa shape index (κ1) is 15.2. The van der Waals surface area contributed by atoms with Crippen LogP contribution in [0.25, 0.3) is 5.69 Å². The van der Waals surface area contributed by atoms with Gasteiger partial charge < -0.3 is 5.32 Å². The van der Waals surface area contributed by atoms with E-state index in [4.69, 9.17) is 11.6 Å². The fourth-order valence-corrected chi connectivity index (χ4v) is 2.23. The van der Waals surface area contributed by atoms with Crippen LogP contribution in [-0.4, -0.2) is 20.9 Å². The van der Waals surface area contributed by atoms with Gasteiger partial charge in [0.05, 0.1) is 17.1 Å². The third-order valence-corrected chi connectivity index (χ3v) is 3.39. The Bertz CT molecular complexity index is 878. The molecule has 116 valence electrons. The zero-order chi connectivity index (χ0) is 16.4. The van der Waals surface area contributed by atoms with Crippen LogP contribution in [0.5, 0.6) is 0 Å². The highest BCUT2D eigenvalue weighted by Gasteiger charge is 2.17. The van der Waals surface area contributed by atoms with E-state index in [0.29, 0.717) is 16.4 Å². The molecule has 0 aliphatic heterocycles. The Hall–Kier alpha value is -2.73. The number of nitrogens with one attached hydrogen (secondary N) is 1. The summed E-state index contributed by atoms with van der Waals surface area (Å²) < 4.78 is 13.6. The number of hydrogen-bond donors (Lipinski definition) is 1. The predicted molar refractivity (Wildman–Crippen MR) is 85.5 cm³/mol. The van der Waals surface area contributed by atoms with Crippen molar-refractivity contribution in [1.82, 2.24) is 15.0 Å². The second kappa shape index (κ2) is 6.18. The Morgan fingerprint density at radius 2 is 1.96 bits per heavy atom. The lowest BCUT2D eigenvalue weighted by Crippen LogP contribution is -2.15. The van der Waals surface area contributed by atoms with Crippen molar-refractivity contribution >= 4 is 23.2 Å². The molecule has 3 aromatic rings. The van der Waals surface area contributed by atoms with Crippen LogP contribution < -0.4 is 5.32 Å². The third kappa shape index (κ3) is 3.22. The van der Waals surface area contributed by atoms with Gasteiger partial charge in [-0.2, -0.15) is 9.90 Å². The molecule has 1 aromatic heterocycles. The van der Waals surface area contributed by atoms with Gasteiger partial charge in [0.2, 0.25) is 0 Å². The molecule has 5 nitrogen and oxygen atoms in total. The van der Waals surface area contributed by atoms with Crippen LogP contribution in [0.3, 0.4) is 0 Å². The third-order valence-electron chi connectivity index (χ3n) is 3.16. The van der Waals surface area contributed by atoms with Crippen LogP contribution in [0.1, 0.15) is 16.2 Å². The molecule has 23 heavy (non-hydrogen) atoms. The molecule has 0 atom stereocenters. The van der Waals surface area contributed by atoms with Gasteiger partial charge in [0, 0.05) is 5.02 Å². The number of para-hydroxylation sites is 1. The molecule has 0 bridgehead atoms. The van der Waals surface area contributed by atoms with Crippen molar-refractivity contribution < 1.29 is 9.18 Å². The van der Waals surface area contributed by atoms with Gasteiger partial charge in [-0.3, -0.25) is 4.79 Å². The van der Waals surface area contributed by atoms with Gasteiger partial charge in [-0.25, -0.2) is 4.39 Å². The van der Waals surface area contributed by atoms with Crippen LogP contribution in [-0.2, 0) is 0 Å². The normalized spacial score (nSPS) is 10.6. The van der Waals surface area contributed by atoms with E-state index >= 15 is 0 Å². The van der Waals surface area contributed by atoms with Crippen molar-refractivity contribution in [1.29, 1.82) is 0 Å². The molecule has 0 aliphatic carbocycles. The molecular formula is C16H12ClFN4O. The summed E-state index contributed by atoms with van der Waals surface area (Å²) in [4.78, 5) is 13.6. The number of halogens is 2. The van der Waals surface area contributed by atoms with Gasteiger partial charge >= 0.3 is 0 Å². The maximum Gasteiger partial charge on any atom is 0.278 e. The molecule has 0 saturated heterocycles. The summed E-state index contributed by atoms with van der Waals surface area (Å²) in [5, 5.41) is 11.4. The van der Waals surface area contributed by atoms with E-state index in [-0.39, 0.29) is 11.4 Å². The van der Waals surface area contributed by atoms with Gasteiger partial charge in [-0.1, -0.05) is 29.8 Å². The van der Waals surface area contributed by atoms with E-state index in [9.17, 15) is 9.18 Å². The zero-order valence-corrected chi connectivity index (χ0v) is 12.9. The standard InChI is InChI=1S/C16H12ClFN4O/c1-10-15(16(23)19-14-8-3-2-7-13(14)18)21-22(20-10)12-6-4-5-11(17)9-12/h2-9H,1H3,(H,19,23). The van der Waals surface area contributed by atoms with Gasteiger partial charge in [0.1, 0.15) is 5.82 Å². The molecule has 0 fully saturated rings. The molecule has 0 saturated carbocycles. The lowest BCUT2D eigenvalue weighted by molar-refractivity contribution is 0.102. The Kier molecular flexibility index (Phi) is 4.08. The lowest BCUT2D eigenvalue weighted by atomic mass is 10.3. The van der Waals surface area contributed by atoms with Crippen molar-refractivity contribution in [3.8, 4) is 5.69 Å².